The Morgan fingerprint density at radius 1 is 1.53 bits per heavy atom. The molecular formula is C11H15FN4O2S. The molecule has 1 aromatic heterocycles. The van der Waals surface area contributed by atoms with Crippen LogP contribution in [0.3, 0.4) is 0 Å². The summed E-state index contributed by atoms with van der Waals surface area (Å²) in [6, 6.07) is 1.67. The molecule has 2 rings (SSSR count). The third-order valence-corrected chi connectivity index (χ3v) is 4.93. The first-order valence-electron chi connectivity index (χ1n) is 5.91. The fourth-order valence-corrected chi connectivity index (χ4v) is 3.83. The second kappa shape index (κ2) is 5.22. The van der Waals surface area contributed by atoms with Gasteiger partial charge in [-0.1, -0.05) is 6.42 Å². The Morgan fingerprint density at radius 2 is 2.26 bits per heavy atom. The molecule has 0 saturated carbocycles. The van der Waals surface area contributed by atoms with Crippen LogP contribution in [0.5, 0.6) is 0 Å². The van der Waals surface area contributed by atoms with E-state index < -0.39 is 26.9 Å². The van der Waals surface area contributed by atoms with Crippen LogP contribution in [0.1, 0.15) is 19.3 Å². The Bertz CT molecular complexity index is 590. The second-order valence-electron chi connectivity index (χ2n) is 4.37. The molecule has 1 aromatic rings. The molecule has 6 nitrogen and oxygen atoms in total. The molecule has 104 valence electrons. The van der Waals surface area contributed by atoms with Gasteiger partial charge in [-0.15, -0.1) is 0 Å². The van der Waals surface area contributed by atoms with E-state index in [-0.39, 0.29) is 12.4 Å². The quantitative estimate of drug-likeness (QED) is 0.631. The average molecular weight is 286 g/mol. The van der Waals surface area contributed by atoms with E-state index in [9.17, 15) is 12.8 Å². The second-order valence-corrected chi connectivity index (χ2v) is 6.18. The minimum atomic E-state index is -4.06. The third kappa shape index (κ3) is 2.59. The van der Waals surface area contributed by atoms with Gasteiger partial charge in [0.15, 0.2) is 5.82 Å². The van der Waals surface area contributed by atoms with Crippen molar-refractivity contribution >= 4 is 15.9 Å². The molecule has 1 aliphatic heterocycles. The number of nitrogens with zero attached hydrogens (tertiary/aromatic N) is 2. The van der Waals surface area contributed by atoms with Gasteiger partial charge in [0, 0.05) is 12.7 Å². The molecule has 0 aromatic carbocycles. The van der Waals surface area contributed by atoms with Crippen molar-refractivity contribution in [2.75, 3.05) is 6.54 Å². The number of halogens is 1. The monoisotopic (exact) mass is 286 g/mol. The number of hydrogen-bond donors (Lipinski definition) is 2. The summed E-state index contributed by atoms with van der Waals surface area (Å²) in [7, 11) is -4.06. The fraction of sp³-hybridized carbons (Fsp3) is 0.455. The Balaban J connectivity index is 2.43. The van der Waals surface area contributed by atoms with Crippen LogP contribution >= 0.6 is 0 Å². The first kappa shape index (κ1) is 13.9. The van der Waals surface area contributed by atoms with Crippen molar-refractivity contribution in [1.82, 2.24) is 9.29 Å². The summed E-state index contributed by atoms with van der Waals surface area (Å²) in [5, 5.41) is 6.86. The van der Waals surface area contributed by atoms with Crippen LogP contribution in [0.2, 0.25) is 0 Å². The molecule has 19 heavy (non-hydrogen) atoms. The number of pyridine rings is 1. The smallest absolute Gasteiger partial charge is 0.264 e. The predicted octanol–water partition coefficient (Wildman–Crippen LogP) is 0.700. The molecule has 1 saturated heterocycles. The first-order valence-corrected chi connectivity index (χ1v) is 7.35. The van der Waals surface area contributed by atoms with Gasteiger partial charge in [0.1, 0.15) is 5.84 Å². The van der Waals surface area contributed by atoms with Gasteiger partial charge in [-0.05, 0) is 25.0 Å². The van der Waals surface area contributed by atoms with Crippen LogP contribution in [0.4, 0.5) is 4.39 Å². The highest BCUT2D eigenvalue weighted by Gasteiger charge is 2.37. The fourth-order valence-electron chi connectivity index (χ4n) is 2.18. The van der Waals surface area contributed by atoms with Crippen molar-refractivity contribution in [2.24, 2.45) is 5.73 Å². The predicted molar refractivity (Wildman–Crippen MR) is 67.6 cm³/mol. The molecular weight excluding hydrogens is 271 g/mol. The number of amidine groups is 1. The van der Waals surface area contributed by atoms with Crippen LogP contribution < -0.4 is 5.73 Å². The molecule has 1 atom stereocenters. The molecule has 3 N–H and O–H groups in total. The maximum absolute atomic E-state index is 13.6. The zero-order valence-electron chi connectivity index (χ0n) is 10.2. The molecule has 1 aliphatic rings. The summed E-state index contributed by atoms with van der Waals surface area (Å²) in [6.07, 6.45) is 3.16. The van der Waals surface area contributed by atoms with Gasteiger partial charge in [0.05, 0.1) is 6.04 Å². The Morgan fingerprint density at radius 3 is 2.89 bits per heavy atom. The van der Waals surface area contributed by atoms with Crippen molar-refractivity contribution in [3.8, 4) is 0 Å². The molecule has 0 bridgehead atoms. The number of piperidine rings is 1. The highest BCUT2D eigenvalue weighted by Crippen LogP contribution is 2.25. The van der Waals surface area contributed by atoms with Gasteiger partial charge >= 0.3 is 0 Å². The zero-order chi connectivity index (χ0) is 14.0. The average Bonchev–Trinajstić information content (AvgIpc) is 2.39. The van der Waals surface area contributed by atoms with Crippen molar-refractivity contribution in [3.05, 3.63) is 24.1 Å². The Hall–Kier alpha value is -1.54. The summed E-state index contributed by atoms with van der Waals surface area (Å²) in [5.74, 6) is -1.12. The molecule has 1 fully saturated rings. The normalized spacial score (nSPS) is 21.2. The Labute approximate surface area is 111 Å². The SMILES string of the molecule is N=C(N)C1CCCCN1S(=O)(=O)c1ncccc1F. The van der Waals surface area contributed by atoms with Crippen LogP contribution in [0.25, 0.3) is 0 Å². The molecule has 1 unspecified atom stereocenters. The van der Waals surface area contributed by atoms with Gasteiger partial charge in [0.2, 0.25) is 5.03 Å². The maximum Gasteiger partial charge on any atom is 0.264 e. The number of nitrogens with two attached hydrogens (primary N) is 1. The number of nitrogens with one attached hydrogen (secondary N) is 1. The van der Waals surface area contributed by atoms with Crippen molar-refractivity contribution in [3.63, 3.8) is 0 Å². The van der Waals surface area contributed by atoms with E-state index in [1.165, 1.54) is 12.3 Å². The van der Waals surface area contributed by atoms with Gasteiger partial charge in [0.25, 0.3) is 10.0 Å². The van der Waals surface area contributed by atoms with Crippen LogP contribution in [-0.4, -0.2) is 36.1 Å². The molecule has 2 heterocycles. The van der Waals surface area contributed by atoms with Crippen LogP contribution in [-0.2, 0) is 10.0 Å². The number of aromatic nitrogens is 1. The number of rotatable bonds is 3. The maximum atomic E-state index is 13.6. The summed E-state index contributed by atoms with van der Waals surface area (Å²) in [6.45, 7) is 0.225. The van der Waals surface area contributed by atoms with Gasteiger partial charge < -0.3 is 5.73 Å². The zero-order valence-corrected chi connectivity index (χ0v) is 11.0. The lowest BCUT2D eigenvalue weighted by atomic mass is 10.0. The lowest BCUT2D eigenvalue weighted by molar-refractivity contribution is 0.301. The molecule has 8 heteroatoms. The first-order chi connectivity index (χ1) is 8.94. The summed E-state index contributed by atoms with van der Waals surface area (Å²) >= 11 is 0. The topological polar surface area (TPSA) is 100 Å². The van der Waals surface area contributed by atoms with E-state index >= 15 is 0 Å². The lowest BCUT2D eigenvalue weighted by Gasteiger charge is -2.33. The van der Waals surface area contributed by atoms with Gasteiger partial charge in [-0.2, -0.15) is 4.31 Å². The van der Waals surface area contributed by atoms with E-state index in [0.29, 0.717) is 12.8 Å². The molecule has 0 radical (unpaired) electrons. The minimum absolute atomic E-state index is 0.223. The summed E-state index contributed by atoms with van der Waals surface area (Å²) < 4.78 is 39.5. The van der Waals surface area contributed by atoms with Gasteiger partial charge in [-0.25, -0.2) is 17.8 Å². The Kier molecular flexibility index (Phi) is 3.81. The van der Waals surface area contributed by atoms with E-state index in [0.717, 1.165) is 16.8 Å². The van der Waals surface area contributed by atoms with Crippen LogP contribution in [0.15, 0.2) is 23.4 Å². The van der Waals surface area contributed by atoms with Crippen LogP contribution in [0, 0.1) is 11.2 Å². The summed E-state index contributed by atoms with van der Waals surface area (Å²) in [5.41, 5.74) is 5.43. The van der Waals surface area contributed by atoms with Crippen molar-refractivity contribution in [2.45, 2.75) is 30.3 Å². The van der Waals surface area contributed by atoms with E-state index in [1.54, 1.807) is 0 Å². The minimum Gasteiger partial charge on any atom is -0.386 e. The standard InChI is InChI=1S/C11H15FN4O2S/c12-8-4-3-6-15-11(8)19(17,18)16-7-2-1-5-9(16)10(13)14/h3-4,6,9H,1-2,5,7H2,(H3,13,14). The number of sulfonamides is 1. The largest absolute Gasteiger partial charge is 0.386 e. The highest BCUT2D eigenvalue weighted by atomic mass is 32.2. The highest BCUT2D eigenvalue weighted by molar-refractivity contribution is 7.89. The molecule has 0 spiro atoms. The third-order valence-electron chi connectivity index (χ3n) is 3.09. The number of hydrogen-bond acceptors (Lipinski definition) is 4. The molecule has 0 aliphatic carbocycles. The van der Waals surface area contributed by atoms with Crippen molar-refractivity contribution in [1.29, 1.82) is 5.41 Å². The van der Waals surface area contributed by atoms with Gasteiger partial charge in [-0.3, -0.25) is 5.41 Å². The van der Waals surface area contributed by atoms with E-state index in [2.05, 4.69) is 4.98 Å². The van der Waals surface area contributed by atoms with Crippen molar-refractivity contribution < 1.29 is 12.8 Å². The van der Waals surface area contributed by atoms with E-state index in [4.69, 9.17) is 11.1 Å². The van der Waals surface area contributed by atoms with E-state index in [1.807, 2.05) is 0 Å². The molecule has 0 amide bonds. The lowest BCUT2D eigenvalue weighted by Crippen LogP contribution is -2.50. The summed E-state index contributed by atoms with van der Waals surface area (Å²) in [4.78, 5) is 3.60.